The molecule has 0 fully saturated rings. The Labute approximate surface area is 136 Å². The fourth-order valence-corrected chi connectivity index (χ4v) is 3.24. The molecular weight excluding hydrogens is 300 g/mol. The third-order valence-corrected chi connectivity index (χ3v) is 5.02. The number of amides is 1. The van der Waals surface area contributed by atoms with Gasteiger partial charge >= 0.3 is 5.97 Å². The lowest BCUT2D eigenvalue weighted by Gasteiger charge is -2.26. The Balaban J connectivity index is 2.87. The van der Waals surface area contributed by atoms with Crippen LogP contribution in [0, 0.1) is 18.3 Å². The zero-order chi connectivity index (χ0) is 16.9. The minimum Gasteiger partial charge on any atom is -0.481 e. The SMILES string of the molecule is CCC(CC)(CNC(=O)c1sc(C)nc1CC(C)C)C(=O)O. The molecule has 0 aromatic carbocycles. The molecule has 1 amide bonds. The highest BCUT2D eigenvalue weighted by molar-refractivity contribution is 7.13. The van der Waals surface area contributed by atoms with Crippen LogP contribution in [0.25, 0.3) is 0 Å². The monoisotopic (exact) mass is 326 g/mol. The van der Waals surface area contributed by atoms with Gasteiger partial charge in [-0.05, 0) is 32.1 Å². The predicted molar refractivity (Wildman–Crippen MR) is 88.4 cm³/mol. The molecule has 2 N–H and O–H groups in total. The lowest BCUT2D eigenvalue weighted by Crippen LogP contribution is -2.42. The van der Waals surface area contributed by atoms with Gasteiger partial charge in [0.05, 0.1) is 16.1 Å². The number of thiazole rings is 1. The highest BCUT2D eigenvalue weighted by Gasteiger charge is 2.35. The Morgan fingerprint density at radius 1 is 1.32 bits per heavy atom. The van der Waals surface area contributed by atoms with E-state index in [2.05, 4.69) is 24.1 Å². The van der Waals surface area contributed by atoms with Gasteiger partial charge in [0.1, 0.15) is 4.88 Å². The summed E-state index contributed by atoms with van der Waals surface area (Å²) >= 11 is 1.37. The molecule has 0 spiro atoms. The fourth-order valence-electron chi connectivity index (χ4n) is 2.38. The normalized spacial score (nSPS) is 11.7. The quantitative estimate of drug-likeness (QED) is 0.768. The van der Waals surface area contributed by atoms with E-state index in [0.29, 0.717) is 23.6 Å². The van der Waals surface area contributed by atoms with Gasteiger partial charge in [-0.2, -0.15) is 0 Å². The molecular formula is C16H26N2O3S. The zero-order valence-corrected chi connectivity index (χ0v) is 14.8. The van der Waals surface area contributed by atoms with E-state index in [0.717, 1.165) is 17.1 Å². The summed E-state index contributed by atoms with van der Waals surface area (Å²) in [6, 6.07) is 0. The van der Waals surface area contributed by atoms with Crippen molar-refractivity contribution in [1.29, 1.82) is 0 Å². The molecule has 1 heterocycles. The van der Waals surface area contributed by atoms with E-state index in [1.807, 2.05) is 20.8 Å². The first-order chi connectivity index (χ1) is 10.3. The van der Waals surface area contributed by atoms with Crippen LogP contribution in [0.4, 0.5) is 0 Å². The number of aliphatic carboxylic acids is 1. The van der Waals surface area contributed by atoms with Gasteiger partial charge in [-0.3, -0.25) is 9.59 Å². The van der Waals surface area contributed by atoms with Crippen molar-refractivity contribution in [1.82, 2.24) is 10.3 Å². The van der Waals surface area contributed by atoms with E-state index in [-0.39, 0.29) is 12.5 Å². The van der Waals surface area contributed by atoms with Gasteiger partial charge in [0.2, 0.25) is 0 Å². The molecule has 1 aromatic rings. The molecule has 0 radical (unpaired) electrons. The first-order valence-electron chi connectivity index (χ1n) is 7.73. The molecule has 0 aliphatic rings. The number of nitrogens with zero attached hydrogens (tertiary/aromatic N) is 1. The van der Waals surface area contributed by atoms with Crippen LogP contribution in [-0.4, -0.2) is 28.5 Å². The maximum absolute atomic E-state index is 12.4. The molecule has 5 nitrogen and oxygen atoms in total. The summed E-state index contributed by atoms with van der Waals surface area (Å²) in [4.78, 5) is 29.0. The predicted octanol–water partition coefficient (Wildman–Crippen LogP) is 3.27. The topological polar surface area (TPSA) is 79.3 Å². The molecule has 1 rings (SSSR count). The highest BCUT2D eigenvalue weighted by atomic mass is 32.1. The maximum atomic E-state index is 12.4. The minimum atomic E-state index is -0.895. The largest absolute Gasteiger partial charge is 0.481 e. The van der Waals surface area contributed by atoms with Gasteiger partial charge in [0.15, 0.2) is 0 Å². The summed E-state index contributed by atoms with van der Waals surface area (Å²) < 4.78 is 0. The summed E-state index contributed by atoms with van der Waals surface area (Å²) in [5.41, 5.74) is -0.0860. The first-order valence-corrected chi connectivity index (χ1v) is 8.55. The van der Waals surface area contributed by atoms with Crippen molar-refractivity contribution in [3.8, 4) is 0 Å². The maximum Gasteiger partial charge on any atom is 0.311 e. The van der Waals surface area contributed by atoms with Crippen LogP contribution in [-0.2, 0) is 11.2 Å². The van der Waals surface area contributed by atoms with Crippen LogP contribution in [0.15, 0.2) is 0 Å². The Hall–Kier alpha value is -1.43. The molecule has 0 bridgehead atoms. The van der Waals surface area contributed by atoms with Crippen molar-refractivity contribution in [2.75, 3.05) is 6.54 Å². The van der Waals surface area contributed by atoms with Crippen LogP contribution < -0.4 is 5.32 Å². The molecule has 1 aromatic heterocycles. The van der Waals surface area contributed by atoms with Crippen molar-refractivity contribution in [3.63, 3.8) is 0 Å². The number of carbonyl (C=O) groups excluding carboxylic acids is 1. The fraction of sp³-hybridized carbons (Fsp3) is 0.688. The number of carbonyl (C=O) groups is 2. The van der Waals surface area contributed by atoms with Crippen molar-refractivity contribution in [2.24, 2.45) is 11.3 Å². The Morgan fingerprint density at radius 2 is 1.91 bits per heavy atom. The van der Waals surface area contributed by atoms with Crippen molar-refractivity contribution < 1.29 is 14.7 Å². The average molecular weight is 326 g/mol. The lowest BCUT2D eigenvalue weighted by molar-refractivity contribution is -0.149. The smallest absolute Gasteiger partial charge is 0.311 e. The number of carboxylic acid groups (broad SMARTS) is 1. The van der Waals surface area contributed by atoms with Crippen LogP contribution in [0.2, 0.25) is 0 Å². The average Bonchev–Trinajstić information content (AvgIpc) is 2.79. The summed E-state index contributed by atoms with van der Waals surface area (Å²) in [6.45, 7) is 9.87. The van der Waals surface area contributed by atoms with Gasteiger partial charge in [0.25, 0.3) is 5.91 Å². The minimum absolute atomic E-state index is 0.145. The van der Waals surface area contributed by atoms with Gasteiger partial charge in [-0.25, -0.2) is 4.98 Å². The third kappa shape index (κ3) is 4.29. The second-order valence-electron chi connectivity index (χ2n) is 6.08. The number of hydrogen-bond acceptors (Lipinski definition) is 4. The zero-order valence-electron chi connectivity index (χ0n) is 14.0. The van der Waals surface area contributed by atoms with E-state index in [1.165, 1.54) is 11.3 Å². The summed E-state index contributed by atoms with van der Waals surface area (Å²) in [5.74, 6) is -0.660. The summed E-state index contributed by atoms with van der Waals surface area (Å²) in [6.07, 6.45) is 1.72. The highest BCUT2D eigenvalue weighted by Crippen LogP contribution is 2.26. The Bertz CT molecular complexity index is 533. The van der Waals surface area contributed by atoms with E-state index < -0.39 is 11.4 Å². The van der Waals surface area contributed by atoms with Gasteiger partial charge in [-0.1, -0.05) is 27.7 Å². The van der Waals surface area contributed by atoms with Crippen LogP contribution in [0.1, 0.15) is 60.9 Å². The standard InChI is InChI=1S/C16H26N2O3S/c1-6-16(7-2,15(20)21)9-17-14(19)13-12(8-10(3)4)18-11(5)22-13/h10H,6-9H2,1-5H3,(H,17,19)(H,20,21). The van der Waals surface area contributed by atoms with Crippen molar-refractivity contribution in [3.05, 3.63) is 15.6 Å². The summed E-state index contributed by atoms with van der Waals surface area (Å²) in [5, 5.41) is 13.1. The molecule has 6 heteroatoms. The molecule has 0 aliphatic heterocycles. The molecule has 0 aliphatic carbocycles. The molecule has 0 saturated heterocycles. The first kappa shape index (κ1) is 18.6. The Morgan fingerprint density at radius 3 is 2.36 bits per heavy atom. The third-order valence-electron chi connectivity index (χ3n) is 4.01. The molecule has 124 valence electrons. The second kappa shape index (κ2) is 7.72. The number of carboxylic acids is 1. The molecule has 0 unspecified atom stereocenters. The van der Waals surface area contributed by atoms with Crippen LogP contribution in [0.3, 0.4) is 0 Å². The Kier molecular flexibility index (Phi) is 6.53. The van der Waals surface area contributed by atoms with E-state index in [9.17, 15) is 14.7 Å². The number of aromatic nitrogens is 1. The van der Waals surface area contributed by atoms with Crippen molar-refractivity contribution >= 4 is 23.2 Å². The molecule has 0 atom stereocenters. The van der Waals surface area contributed by atoms with Crippen LogP contribution in [0.5, 0.6) is 0 Å². The number of rotatable bonds is 8. The van der Waals surface area contributed by atoms with Gasteiger partial charge < -0.3 is 10.4 Å². The van der Waals surface area contributed by atoms with E-state index >= 15 is 0 Å². The van der Waals surface area contributed by atoms with E-state index in [1.54, 1.807) is 0 Å². The number of nitrogens with one attached hydrogen (secondary N) is 1. The second-order valence-corrected chi connectivity index (χ2v) is 7.29. The number of aryl methyl sites for hydroxylation is 1. The van der Waals surface area contributed by atoms with Crippen molar-refractivity contribution in [2.45, 2.75) is 53.9 Å². The molecule has 22 heavy (non-hydrogen) atoms. The lowest BCUT2D eigenvalue weighted by atomic mass is 9.82. The molecule has 0 saturated carbocycles. The van der Waals surface area contributed by atoms with E-state index in [4.69, 9.17) is 0 Å². The van der Waals surface area contributed by atoms with Gasteiger partial charge in [-0.15, -0.1) is 11.3 Å². The van der Waals surface area contributed by atoms with Gasteiger partial charge in [0, 0.05) is 6.54 Å². The summed E-state index contributed by atoms with van der Waals surface area (Å²) in [7, 11) is 0. The number of hydrogen-bond donors (Lipinski definition) is 2. The van der Waals surface area contributed by atoms with Crippen LogP contribution >= 0.6 is 11.3 Å².